The number of carbonyl (C=O) groups is 2. The van der Waals surface area contributed by atoms with Gasteiger partial charge in [-0.25, -0.2) is 4.39 Å². The van der Waals surface area contributed by atoms with Crippen molar-refractivity contribution in [3.05, 3.63) is 59.4 Å². The highest BCUT2D eigenvalue weighted by atomic mass is 19.1. The van der Waals surface area contributed by atoms with Crippen LogP contribution in [0.2, 0.25) is 0 Å². The standard InChI is InChI=1S/C23H28FN3O2/c1-3-13-26(15-21(28)25-20-12-5-4-8-17(20)2)16-22(29)27-14-7-10-18-9-6-11-19(24)23(18)27/h4-6,8-9,11-12H,3,7,10,13-16H2,1-2H3,(H,25,28). The van der Waals surface area contributed by atoms with Crippen LogP contribution in [0.15, 0.2) is 42.5 Å². The van der Waals surface area contributed by atoms with Crippen molar-refractivity contribution < 1.29 is 14.0 Å². The van der Waals surface area contributed by atoms with Gasteiger partial charge in [-0.3, -0.25) is 14.5 Å². The van der Waals surface area contributed by atoms with Gasteiger partial charge in [0, 0.05) is 12.2 Å². The minimum absolute atomic E-state index is 0.0861. The fourth-order valence-corrected chi connectivity index (χ4v) is 3.77. The predicted molar refractivity (Wildman–Crippen MR) is 114 cm³/mol. The second-order valence-corrected chi connectivity index (χ2v) is 7.47. The molecule has 0 saturated carbocycles. The Kier molecular flexibility index (Phi) is 6.99. The van der Waals surface area contributed by atoms with Gasteiger partial charge in [-0.05, 0) is 56.0 Å². The second kappa shape index (κ2) is 9.65. The number of nitrogens with one attached hydrogen (secondary N) is 1. The van der Waals surface area contributed by atoms with Crippen LogP contribution in [-0.4, -0.2) is 42.9 Å². The number of nitrogens with zero attached hydrogens (tertiary/aromatic N) is 2. The lowest BCUT2D eigenvalue weighted by atomic mass is 10.0. The maximum atomic E-state index is 14.4. The highest BCUT2D eigenvalue weighted by molar-refractivity contribution is 5.97. The van der Waals surface area contributed by atoms with Crippen LogP contribution in [0.4, 0.5) is 15.8 Å². The lowest BCUT2D eigenvalue weighted by Crippen LogP contribution is -2.45. The molecule has 3 rings (SSSR count). The van der Waals surface area contributed by atoms with Crippen molar-refractivity contribution >= 4 is 23.2 Å². The summed E-state index contributed by atoms with van der Waals surface area (Å²) >= 11 is 0. The average molecular weight is 397 g/mol. The molecule has 0 bridgehead atoms. The summed E-state index contributed by atoms with van der Waals surface area (Å²) in [6.45, 7) is 5.26. The van der Waals surface area contributed by atoms with Gasteiger partial charge in [-0.15, -0.1) is 0 Å². The topological polar surface area (TPSA) is 52.7 Å². The molecule has 2 aromatic rings. The third kappa shape index (κ3) is 5.21. The van der Waals surface area contributed by atoms with Crippen LogP contribution in [-0.2, 0) is 16.0 Å². The number of anilines is 2. The molecule has 0 radical (unpaired) electrons. The zero-order valence-electron chi connectivity index (χ0n) is 17.1. The molecule has 0 unspecified atom stereocenters. The largest absolute Gasteiger partial charge is 0.325 e. The summed E-state index contributed by atoms with van der Waals surface area (Å²) in [6.07, 6.45) is 2.40. The van der Waals surface area contributed by atoms with Crippen molar-refractivity contribution in [1.29, 1.82) is 0 Å². The number of rotatable bonds is 7. The van der Waals surface area contributed by atoms with Gasteiger partial charge < -0.3 is 10.2 Å². The predicted octanol–water partition coefficient (Wildman–Crippen LogP) is 3.76. The van der Waals surface area contributed by atoms with Gasteiger partial charge in [0.05, 0.1) is 18.8 Å². The van der Waals surface area contributed by atoms with Gasteiger partial charge in [0.15, 0.2) is 0 Å². The first-order chi connectivity index (χ1) is 14.0. The number of hydrogen-bond donors (Lipinski definition) is 1. The second-order valence-electron chi connectivity index (χ2n) is 7.47. The molecule has 0 aromatic heterocycles. The number of para-hydroxylation sites is 2. The Balaban J connectivity index is 1.67. The fourth-order valence-electron chi connectivity index (χ4n) is 3.77. The number of halogens is 1. The van der Waals surface area contributed by atoms with Gasteiger partial charge in [-0.2, -0.15) is 0 Å². The van der Waals surface area contributed by atoms with Crippen LogP contribution >= 0.6 is 0 Å². The van der Waals surface area contributed by atoms with Gasteiger partial charge in [0.25, 0.3) is 0 Å². The Morgan fingerprint density at radius 2 is 1.93 bits per heavy atom. The molecule has 5 nitrogen and oxygen atoms in total. The Bertz CT molecular complexity index is 884. The summed E-state index contributed by atoms with van der Waals surface area (Å²) in [5, 5.41) is 2.91. The molecule has 0 aliphatic carbocycles. The average Bonchev–Trinajstić information content (AvgIpc) is 2.69. The molecule has 154 valence electrons. The minimum atomic E-state index is -0.366. The SMILES string of the molecule is CCCN(CC(=O)Nc1ccccc1C)CC(=O)N1CCCc2cccc(F)c21. The molecule has 6 heteroatoms. The maximum Gasteiger partial charge on any atom is 0.241 e. The van der Waals surface area contributed by atoms with Crippen molar-refractivity contribution in [2.24, 2.45) is 0 Å². The van der Waals surface area contributed by atoms with Crippen molar-refractivity contribution in [2.75, 3.05) is 36.4 Å². The van der Waals surface area contributed by atoms with E-state index in [1.165, 1.54) is 11.0 Å². The van der Waals surface area contributed by atoms with E-state index in [-0.39, 0.29) is 30.7 Å². The molecular weight excluding hydrogens is 369 g/mol. The number of carbonyl (C=O) groups excluding carboxylic acids is 2. The molecule has 0 spiro atoms. The van der Waals surface area contributed by atoms with E-state index < -0.39 is 0 Å². The molecule has 29 heavy (non-hydrogen) atoms. The first-order valence-electron chi connectivity index (χ1n) is 10.1. The number of benzene rings is 2. The molecule has 1 N–H and O–H groups in total. The quantitative estimate of drug-likeness (QED) is 0.774. The van der Waals surface area contributed by atoms with E-state index in [9.17, 15) is 14.0 Å². The normalized spacial score (nSPS) is 13.3. The number of amides is 2. The van der Waals surface area contributed by atoms with Crippen molar-refractivity contribution in [1.82, 2.24) is 4.90 Å². The van der Waals surface area contributed by atoms with E-state index in [2.05, 4.69) is 5.32 Å². The Hall–Kier alpha value is -2.73. The van der Waals surface area contributed by atoms with E-state index in [0.29, 0.717) is 18.8 Å². The highest BCUT2D eigenvalue weighted by Gasteiger charge is 2.27. The molecule has 0 fully saturated rings. The summed E-state index contributed by atoms with van der Waals surface area (Å²) in [6, 6.07) is 12.5. The number of fused-ring (bicyclic) bond motifs is 1. The van der Waals surface area contributed by atoms with E-state index in [0.717, 1.165) is 36.1 Å². The lowest BCUT2D eigenvalue weighted by molar-refractivity contribution is -0.121. The molecule has 0 atom stereocenters. The third-order valence-corrected chi connectivity index (χ3v) is 5.15. The van der Waals surface area contributed by atoms with Crippen LogP contribution < -0.4 is 10.2 Å². The van der Waals surface area contributed by atoms with E-state index in [1.807, 2.05) is 49.1 Å². The lowest BCUT2D eigenvalue weighted by Gasteiger charge is -2.32. The van der Waals surface area contributed by atoms with Gasteiger partial charge in [0.2, 0.25) is 11.8 Å². The van der Waals surface area contributed by atoms with Crippen LogP contribution in [0.5, 0.6) is 0 Å². The van der Waals surface area contributed by atoms with E-state index in [4.69, 9.17) is 0 Å². The van der Waals surface area contributed by atoms with Crippen molar-refractivity contribution in [2.45, 2.75) is 33.1 Å². The first kappa shape index (κ1) is 21.0. The molecule has 1 aliphatic rings. The van der Waals surface area contributed by atoms with Crippen molar-refractivity contribution in [3.63, 3.8) is 0 Å². The molecule has 1 heterocycles. The third-order valence-electron chi connectivity index (χ3n) is 5.15. The summed E-state index contributed by atoms with van der Waals surface area (Å²) in [7, 11) is 0. The zero-order chi connectivity index (χ0) is 20.8. The zero-order valence-corrected chi connectivity index (χ0v) is 17.1. The van der Waals surface area contributed by atoms with Crippen molar-refractivity contribution in [3.8, 4) is 0 Å². The fraction of sp³-hybridized carbons (Fsp3) is 0.391. The van der Waals surface area contributed by atoms with E-state index in [1.54, 1.807) is 6.07 Å². The maximum absolute atomic E-state index is 14.4. The number of aryl methyl sites for hydroxylation is 2. The minimum Gasteiger partial charge on any atom is -0.325 e. The highest BCUT2D eigenvalue weighted by Crippen LogP contribution is 2.30. The Labute approximate surface area is 171 Å². The van der Waals surface area contributed by atoms with Crippen LogP contribution in [0.25, 0.3) is 0 Å². The molecular formula is C23H28FN3O2. The molecule has 2 amide bonds. The molecule has 2 aromatic carbocycles. The summed E-state index contributed by atoms with van der Waals surface area (Å²) in [4.78, 5) is 28.9. The van der Waals surface area contributed by atoms with Gasteiger partial charge in [0.1, 0.15) is 5.82 Å². The number of hydrogen-bond acceptors (Lipinski definition) is 3. The Morgan fingerprint density at radius 3 is 2.69 bits per heavy atom. The molecule has 1 aliphatic heterocycles. The summed E-state index contributed by atoms with van der Waals surface area (Å²) < 4.78 is 14.4. The van der Waals surface area contributed by atoms with Crippen LogP contribution in [0.1, 0.15) is 30.9 Å². The Morgan fingerprint density at radius 1 is 1.14 bits per heavy atom. The summed E-state index contributed by atoms with van der Waals surface area (Å²) in [5.41, 5.74) is 3.01. The van der Waals surface area contributed by atoms with Crippen LogP contribution in [0.3, 0.4) is 0 Å². The molecule has 0 saturated heterocycles. The monoisotopic (exact) mass is 397 g/mol. The van der Waals surface area contributed by atoms with Crippen LogP contribution in [0, 0.1) is 12.7 Å². The first-order valence-corrected chi connectivity index (χ1v) is 10.1. The van der Waals surface area contributed by atoms with E-state index >= 15 is 0 Å². The van der Waals surface area contributed by atoms with Gasteiger partial charge in [-0.1, -0.05) is 37.3 Å². The van der Waals surface area contributed by atoms with Gasteiger partial charge >= 0.3 is 0 Å². The smallest absolute Gasteiger partial charge is 0.241 e. The summed E-state index contributed by atoms with van der Waals surface area (Å²) in [5.74, 6) is -0.700.